The third-order valence-electron chi connectivity index (χ3n) is 2.29. The lowest BCUT2D eigenvalue weighted by molar-refractivity contribution is 0.410. The van der Waals surface area contributed by atoms with Crippen LogP contribution in [0.4, 0.5) is 0 Å². The highest BCUT2D eigenvalue weighted by molar-refractivity contribution is 7.89. The number of hydrogen-bond acceptors (Lipinski definition) is 3. The average Bonchev–Trinajstić information content (AvgIpc) is 2.17. The van der Waals surface area contributed by atoms with E-state index in [-0.39, 0.29) is 10.9 Å². The SMILES string of the molecule is Cc1ccc(S(=O)(=O)N(C)C(C)C)cn1. The predicted molar refractivity (Wildman–Crippen MR) is 59.1 cm³/mol. The zero-order valence-electron chi connectivity index (χ0n) is 9.43. The first-order chi connectivity index (χ1) is 6.85. The Morgan fingerprint density at radius 3 is 2.33 bits per heavy atom. The van der Waals surface area contributed by atoms with Gasteiger partial charge in [0.2, 0.25) is 10.0 Å². The van der Waals surface area contributed by atoms with E-state index < -0.39 is 10.0 Å². The molecule has 0 radical (unpaired) electrons. The van der Waals surface area contributed by atoms with Crippen molar-refractivity contribution >= 4 is 10.0 Å². The molecule has 1 heterocycles. The quantitative estimate of drug-likeness (QED) is 0.786. The van der Waals surface area contributed by atoms with E-state index in [0.717, 1.165) is 5.69 Å². The van der Waals surface area contributed by atoms with Gasteiger partial charge in [-0.1, -0.05) is 0 Å². The highest BCUT2D eigenvalue weighted by atomic mass is 32.2. The van der Waals surface area contributed by atoms with E-state index in [1.807, 2.05) is 20.8 Å². The molecule has 1 aromatic rings. The predicted octanol–water partition coefficient (Wildman–Crippen LogP) is 1.42. The molecule has 4 nitrogen and oxygen atoms in total. The molecule has 0 saturated carbocycles. The van der Waals surface area contributed by atoms with Gasteiger partial charge in [0.25, 0.3) is 0 Å². The van der Waals surface area contributed by atoms with E-state index in [4.69, 9.17) is 0 Å². The maximum Gasteiger partial charge on any atom is 0.244 e. The standard InChI is InChI=1S/C10H16N2O2S/c1-8(2)12(4)15(13,14)10-6-5-9(3)11-7-10/h5-8H,1-4H3. The Kier molecular flexibility index (Phi) is 3.46. The van der Waals surface area contributed by atoms with Crippen LogP contribution in [-0.4, -0.2) is 30.8 Å². The van der Waals surface area contributed by atoms with Gasteiger partial charge in [0.1, 0.15) is 4.90 Å². The van der Waals surface area contributed by atoms with Crippen molar-refractivity contribution in [2.75, 3.05) is 7.05 Å². The van der Waals surface area contributed by atoms with Gasteiger partial charge < -0.3 is 0 Å². The second-order valence-corrected chi connectivity index (χ2v) is 5.75. The van der Waals surface area contributed by atoms with Crippen LogP contribution in [0.5, 0.6) is 0 Å². The highest BCUT2D eigenvalue weighted by Crippen LogP contribution is 2.15. The molecule has 0 aliphatic carbocycles. The Morgan fingerprint density at radius 2 is 1.93 bits per heavy atom. The average molecular weight is 228 g/mol. The maximum atomic E-state index is 12.0. The van der Waals surface area contributed by atoms with Crippen LogP contribution in [0.15, 0.2) is 23.2 Å². The summed E-state index contributed by atoms with van der Waals surface area (Å²) < 4.78 is 25.3. The van der Waals surface area contributed by atoms with Crippen LogP contribution in [-0.2, 0) is 10.0 Å². The molecule has 0 N–H and O–H groups in total. The van der Waals surface area contributed by atoms with Crippen LogP contribution >= 0.6 is 0 Å². The summed E-state index contributed by atoms with van der Waals surface area (Å²) in [5.74, 6) is 0. The van der Waals surface area contributed by atoms with Gasteiger partial charge in [0.15, 0.2) is 0 Å². The van der Waals surface area contributed by atoms with E-state index in [1.54, 1.807) is 19.2 Å². The Hall–Kier alpha value is -0.940. The first-order valence-electron chi connectivity index (χ1n) is 4.76. The normalized spacial score (nSPS) is 12.4. The summed E-state index contributed by atoms with van der Waals surface area (Å²) in [7, 11) is -1.81. The minimum absolute atomic E-state index is 0.0590. The number of aryl methyl sites for hydroxylation is 1. The smallest absolute Gasteiger partial charge is 0.244 e. The third-order valence-corrected chi connectivity index (χ3v) is 4.31. The van der Waals surface area contributed by atoms with Crippen molar-refractivity contribution in [3.8, 4) is 0 Å². The molecule has 0 fully saturated rings. The third kappa shape index (κ3) is 2.54. The fourth-order valence-electron chi connectivity index (χ4n) is 1.05. The van der Waals surface area contributed by atoms with Crippen molar-refractivity contribution < 1.29 is 8.42 Å². The number of hydrogen-bond donors (Lipinski definition) is 0. The first kappa shape index (κ1) is 12.1. The molecule has 5 heteroatoms. The van der Waals surface area contributed by atoms with Crippen molar-refractivity contribution in [1.29, 1.82) is 0 Å². The van der Waals surface area contributed by atoms with E-state index in [2.05, 4.69) is 4.98 Å². The van der Waals surface area contributed by atoms with Crippen molar-refractivity contribution in [3.63, 3.8) is 0 Å². The molecule has 0 aliphatic rings. The van der Waals surface area contributed by atoms with Crippen molar-refractivity contribution in [2.24, 2.45) is 0 Å². The largest absolute Gasteiger partial charge is 0.260 e. The summed E-state index contributed by atoms with van der Waals surface area (Å²) in [4.78, 5) is 4.22. The van der Waals surface area contributed by atoms with Crippen molar-refractivity contribution in [1.82, 2.24) is 9.29 Å². The van der Waals surface area contributed by atoms with Gasteiger partial charge >= 0.3 is 0 Å². The van der Waals surface area contributed by atoms with E-state index in [1.165, 1.54) is 10.5 Å². The minimum atomic E-state index is -3.38. The summed E-state index contributed by atoms with van der Waals surface area (Å²) in [6.07, 6.45) is 1.39. The molecule has 0 atom stereocenters. The summed E-state index contributed by atoms with van der Waals surface area (Å²) in [6, 6.07) is 3.22. The Labute approximate surface area is 91.0 Å². The van der Waals surface area contributed by atoms with Gasteiger partial charge in [-0.15, -0.1) is 0 Å². The molecule has 0 amide bonds. The summed E-state index contributed by atoms with van der Waals surface area (Å²) in [5, 5.41) is 0. The number of pyridine rings is 1. The van der Waals surface area contributed by atoms with Crippen LogP contribution in [0.3, 0.4) is 0 Å². The van der Waals surface area contributed by atoms with Crippen LogP contribution in [0.2, 0.25) is 0 Å². The molecule has 1 rings (SSSR count). The summed E-state index contributed by atoms with van der Waals surface area (Å²) >= 11 is 0. The number of rotatable bonds is 3. The topological polar surface area (TPSA) is 50.3 Å². The fraction of sp³-hybridized carbons (Fsp3) is 0.500. The zero-order chi connectivity index (χ0) is 11.6. The lowest BCUT2D eigenvalue weighted by Gasteiger charge is -2.20. The van der Waals surface area contributed by atoms with E-state index >= 15 is 0 Å². The van der Waals surface area contributed by atoms with Crippen molar-refractivity contribution in [3.05, 3.63) is 24.0 Å². The molecule has 0 unspecified atom stereocenters. The molecule has 0 bridgehead atoms. The first-order valence-corrected chi connectivity index (χ1v) is 6.20. The monoisotopic (exact) mass is 228 g/mol. The number of aromatic nitrogens is 1. The second kappa shape index (κ2) is 4.28. The zero-order valence-corrected chi connectivity index (χ0v) is 10.2. The van der Waals surface area contributed by atoms with Crippen LogP contribution in [0.25, 0.3) is 0 Å². The lowest BCUT2D eigenvalue weighted by atomic mass is 10.4. The molecule has 0 aliphatic heterocycles. The van der Waals surface area contributed by atoms with Gasteiger partial charge in [-0.05, 0) is 32.9 Å². The van der Waals surface area contributed by atoms with Gasteiger partial charge in [-0.25, -0.2) is 8.42 Å². The minimum Gasteiger partial charge on any atom is -0.260 e. The Balaban J connectivity index is 3.12. The lowest BCUT2D eigenvalue weighted by Crippen LogP contribution is -2.33. The van der Waals surface area contributed by atoms with E-state index in [9.17, 15) is 8.42 Å². The fourth-order valence-corrected chi connectivity index (χ4v) is 2.36. The summed E-state index contributed by atoms with van der Waals surface area (Å²) in [6.45, 7) is 5.49. The van der Waals surface area contributed by atoms with Crippen LogP contribution in [0.1, 0.15) is 19.5 Å². The molecular weight excluding hydrogens is 212 g/mol. The second-order valence-electron chi connectivity index (χ2n) is 3.75. The highest BCUT2D eigenvalue weighted by Gasteiger charge is 2.22. The van der Waals surface area contributed by atoms with Gasteiger partial charge in [-0.3, -0.25) is 4.98 Å². The van der Waals surface area contributed by atoms with Crippen molar-refractivity contribution in [2.45, 2.75) is 31.7 Å². The number of nitrogens with zero attached hydrogens (tertiary/aromatic N) is 2. The number of sulfonamides is 1. The van der Waals surface area contributed by atoms with E-state index in [0.29, 0.717) is 0 Å². The molecule has 0 spiro atoms. The van der Waals surface area contributed by atoms with Gasteiger partial charge in [-0.2, -0.15) is 4.31 Å². The van der Waals surface area contributed by atoms with Gasteiger partial charge in [0, 0.05) is 25.0 Å². The Morgan fingerprint density at radius 1 is 1.33 bits per heavy atom. The van der Waals surface area contributed by atoms with Crippen LogP contribution < -0.4 is 0 Å². The molecule has 15 heavy (non-hydrogen) atoms. The Bertz CT molecular complexity index is 423. The van der Waals surface area contributed by atoms with Gasteiger partial charge in [0.05, 0.1) is 0 Å². The maximum absolute atomic E-state index is 12.0. The molecule has 1 aromatic heterocycles. The van der Waals surface area contributed by atoms with Crippen LogP contribution in [0, 0.1) is 6.92 Å². The summed E-state index contributed by atoms with van der Waals surface area (Å²) in [5.41, 5.74) is 0.807. The molecule has 84 valence electrons. The molecular formula is C10H16N2O2S. The molecule has 0 saturated heterocycles. The molecule has 0 aromatic carbocycles.